The molecule has 0 heterocycles. The van der Waals surface area contributed by atoms with E-state index < -0.39 is 12.0 Å². The fourth-order valence-electron chi connectivity index (χ4n) is 1.30. The zero-order chi connectivity index (χ0) is 12.0. The molecule has 1 unspecified atom stereocenters. The molecule has 1 rings (SSSR count). The molecule has 0 aliphatic rings. The number of carbonyl (C=O) groups excluding carboxylic acids is 1. The lowest BCUT2D eigenvalue weighted by atomic mass is 10.1. The van der Waals surface area contributed by atoms with Crippen LogP contribution in [-0.4, -0.2) is 18.6 Å². The molecule has 0 saturated carbocycles. The molecule has 17 heavy (non-hydrogen) atoms. The van der Waals surface area contributed by atoms with Crippen LogP contribution >= 0.6 is 12.4 Å². The van der Waals surface area contributed by atoms with Gasteiger partial charge in [0.1, 0.15) is 6.04 Å². The van der Waals surface area contributed by atoms with Crippen LogP contribution in [0.1, 0.15) is 18.1 Å². The fraction of sp³-hybridized carbons (Fsp3) is 0.333. The zero-order valence-corrected chi connectivity index (χ0v) is 10.4. The minimum Gasteiger partial charge on any atom is -0.465 e. The molecule has 0 aromatic heterocycles. The van der Waals surface area contributed by atoms with Gasteiger partial charge in [0.05, 0.1) is 18.2 Å². The van der Waals surface area contributed by atoms with Crippen molar-refractivity contribution in [2.45, 2.75) is 19.4 Å². The first-order valence-corrected chi connectivity index (χ1v) is 5.08. The predicted molar refractivity (Wildman–Crippen MR) is 66.7 cm³/mol. The lowest BCUT2D eigenvalue weighted by Gasteiger charge is -2.10. The summed E-state index contributed by atoms with van der Waals surface area (Å²) in [5, 5.41) is 8.62. The lowest BCUT2D eigenvalue weighted by Crippen LogP contribution is -2.34. The van der Waals surface area contributed by atoms with Crippen LogP contribution < -0.4 is 5.73 Å². The highest BCUT2D eigenvalue weighted by Gasteiger charge is 2.14. The molecule has 0 radical (unpaired) electrons. The van der Waals surface area contributed by atoms with Gasteiger partial charge in [0, 0.05) is 0 Å². The van der Waals surface area contributed by atoms with Crippen LogP contribution in [0.3, 0.4) is 0 Å². The molecule has 0 spiro atoms. The number of carbonyl (C=O) groups is 1. The number of ether oxygens (including phenoxy) is 1. The summed E-state index contributed by atoms with van der Waals surface area (Å²) in [6.07, 6.45) is 0.421. The molecule has 5 heteroatoms. The number of benzene rings is 1. The SMILES string of the molecule is CCOC(=O)C(N)Cc1ccc(C#N)cc1.Cl. The molecule has 1 atom stereocenters. The Morgan fingerprint density at radius 3 is 2.53 bits per heavy atom. The summed E-state index contributed by atoms with van der Waals surface area (Å²) in [6, 6.07) is 8.36. The second-order valence-electron chi connectivity index (χ2n) is 3.37. The third-order valence-corrected chi connectivity index (χ3v) is 2.13. The van der Waals surface area contributed by atoms with Gasteiger partial charge in [-0.05, 0) is 31.0 Å². The summed E-state index contributed by atoms with van der Waals surface area (Å²) in [7, 11) is 0. The van der Waals surface area contributed by atoms with Gasteiger partial charge in [0.2, 0.25) is 0 Å². The molecule has 1 aromatic rings. The van der Waals surface area contributed by atoms with Gasteiger partial charge in [-0.15, -0.1) is 12.4 Å². The largest absolute Gasteiger partial charge is 0.465 e. The molecule has 0 fully saturated rings. The lowest BCUT2D eigenvalue weighted by molar-refractivity contribution is -0.144. The number of rotatable bonds is 4. The van der Waals surface area contributed by atoms with Crippen molar-refractivity contribution >= 4 is 18.4 Å². The first-order chi connectivity index (χ1) is 7.67. The minimum absolute atomic E-state index is 0. The molecule has 0 bridgehead atoms. The molecular weight excluding hydrogens is 240 g/mol. The van der Waals surface area contributed by atoms with Gasteiger partial charge in [0.15, 0.2) is 0 Å². The summed E-state index contributed by atoms with van der Waals surface area (Å²) in [5.41, 5.74) is 7.17. The molecule has 2 N–H and O–H groups in total. The van der Waals surface area contributed by atoms with Crippen molar-refractivity contribution in [3.05, 3.63) is 35.4 Å². The zero-order valence-electron chi connectivity index (χ0n) is 9.55. The normalized spacial score (nSPS) is 10.9. The number of esters is 1. The van der Waals surface area contributed by atoms with Crippen LogP contribution in [0.15, 0.2) is 24.3 Å². The van der Waals surface area contributed by atoms with Crippen molar-refractivity contribution in [1.29, 1.82) is 5.26 Å². The third-order valence-electron chi connectivity index (χ3n) is 2.13. The number of halogens is 1. The topological polar surface area (TPSA) is 76.1 Å². The van der Waals surface area contributed by atoms with Gasteiger partial charge in [-0.2, -0.15) is 5.26 Å². The van der Waals surface area contributed by atoms with E-state index in [0.717, 1.165) is 5.56 Å². The van der Waals surface area contributed by atoms with E-state index in [0.29, 0.717) is 18.6 Å². The summed E-state index contributed by atoms with van der Waals surface area (Å²) in [4.78, 5) is 11.3. The Bertz CT molecular complexity index is 398. The monoisotopic (exact) mass is 254 g/mol. The van der Waals surface area contributed by atoms with Crippen LogP contribution in [0.5, 0.6) is 0 Å². The standard InChI is InChI=1S/C12H14N2O2.ClH/c1-2-16-12(15)11(14)7-9-3-5-10(8-13)6-4-9;/h3-6,11H,2,7,14H2,1H3;1H. The van der Waals surface area contributed by atoms with Crippen molar-refractivity contribution in [3.63, 3.8) is 0 Å². The quantitative estimate of drug-likeness (QED) is 0.825. The van der Waals surface area contributed by atoms with E-state index in [1.807, 2.05) is 6.07 Å². The van der Waals surface area contributed by atoms with E-state index in [2.05, 4.69) is 0 Å². The maximum atomic E-state index is 11.3. The number of nitrogens with zero attached hydrogens (tertiary/aromatic N) is 1. The van der Waals surface area contributed by atoms with Gasteiger partial charge in [-0.3, -0.25) is 4.79 Å². The summed E-state index contributed by atoms with van der Waals surface area (Å²) < 4.78 is 4.80. The number of nitriles is 1. The van der Waals surface area contributed by atoms with E-state index in [-0.39, 0.29) is 12.4 Å². The van der Waals surface area contributed by atoms with Gasteiger partial charge >= 0.3 is 5.97 Å². The molecule has 4 nitrogen and oxygen atoms in total. The molecule has 0 amide bonds. The van der Waals surface area contributed by atoms with E-state index in [1.165, 1.54) is 0 Å². The maximum Gasteiger partial charge on any atom is 0.323 e. The average molecular weight is 255 g/mol. The minimum atomic E-state index is -0.645. The molecule has 1 aromatic carbocycles. The van der Waals surface area contributed by atoms with E-state index in [9.17, 15) is 4.79 Å². The molecule has 0 saturated heterocycles. The van der Waals surface area contributed by atoms with Gasteiger partial charge in [0.25, 0.3) is 0 Å². The van der Waals surface area contributed by atoms with Crippen molar-refractivity contribution in [2.24, 2.45) is 5.73 Å². The van der Waals surface area contributed by atoms with Crippen LogP contribution in [0.2, 0.25) is 0 Å². The molecule has 0 aliphatic heterocycles. The number of nitrogens with two attached hydrogens (primary N) is 1. The average Bonchev–Trinajstić information content (AvgIpc) is 2.30. The molecule has 0 aliphatic carbocycles. The third kappa shape index (κ3) is 4.85. The smallest absolute Gasteiger partial charge is 0.323 e. The Kier molecular flexibility index (Phi) is 6.95. The first kappa shape index (κ1) is 15.4. The Morgan fingerprint density at radius 1 is 1.47 bits per heavy atom. The predicted octanol–water partition coefficient (Wildman–Crippen LogP) is 1.41. The van der Waals surface area contributed by atoms with Crippen molar-refractivity contribution in [2.75, 3.05) is 6.61 Å². The van der Waals surface area contributed by atoms with Gasteiger partial charge in [-0.25, -0.2) is 0 Å². The van der Waals surface area contributed by atoms with E-state index in [1.54, 1.807) is 31.2 Å². The maximum absolute atomic E-state index is 11.3. The highest BCUT2D eigenvalue weighted by molar-refractivity contribution is 5.85. The first-order valence-electron chi connectivity index (χ1n) is 5.08. The van der Waals surface area contributed by atoms with Crippen molar-refractivity contribution < 1.29 is 9.53 Å². The summed E-state index contributed by atoms with van der Waals surface area (Å²) in [6.45, 7) is 2.08. The van der Waals surface area contributed by atoms with E-state index >= 15 is 0 Å². The van der Waals surface area contributed by atoms with Crippen LogP contribution in [-0.2, 0) is 16.0 Å². The Labute approximate surface area is 107 Å². The van der Waals surface area contributed by atoms with Gasteiger partial charge < -0.3 is 10.5 Å². The van der Waals surface area contributed by atoms with Crippen LogP contribution in [0.25, 0.3) is 0 Å². The van der Waals surface area contributed by atoms with Crippen LogP contribution in [0, 0.1) is 11.3 Å². The van der Waals surface area contributed by atoms with E-state index in [4.69, 9.17) is 15.7 Å². The number of hydrogen-bond acceptors (Lipinski definition) is 4. The highest BCUT2D eigenvalue weighted by atomic mass is 35.5. The van der Waals surface area contributed by atoms with Gasteiger partial charge in [-0.1, -0.05) is 12.1 Å². The van der Waals surface area contributed by atoms with Crippen molar-refractivity contribution in [3.8, 4) is 6.07 Å². The highest BCUT2D eigenvalue weighted by Crippen LogP contribution is 2.06. The summed E-state index contributed by atoms with van der Waals surface area (Å²) in [5.74, 6) is -0.396. The molecule has 92 valence electrons. The van der Waals surface area contributed by atoms with Crippen molar-refractivity contribution in [1.82, 2.24) is 0 Å². The Morgan fingerprint density at radius 2 is 2.06 bits per heavy atom. The second kappa shape index (κ2) is 7.66. The number of hydrogen-bond donors (Lipinski definition) is 1. The van der Waals surface area contributed by atoms with Crippen LogP contribution in [0.4, 0.5) is 0 Å². The Balaban J connectivity index is 0.00000256. The Hall–Kier alpha value is -1.57. The molecular formula is C12H15ClN2O2. The fourth-order valence-corrected chi connectivity index (χ4v) is 1.30. The second-order valence-corrected chi connectivity index (χ2v) is 3.37. The summed E-state index contributed by atoms with van der Waals surface area (Å²) >= 11 is 0.